The highest BCUT2D eigenvalue weighted by Crippen LogP contribution is 2.54. The van der Waals surface area contributed by atoms with E-state index in [0.29, 0.717) is 32.1 Å². The second kappa shape index (κ2) is 14.1. The molecule has 0 saturated carbocycles. The lowest BCUT2D eigenvalue weighted by molar-refractivity contribution is -0.293. The third-order valence-electron chi connectivity index (χ3n) is 14.6. The van der Waals surface area contributed by atoms with Crippen LogP contribution in [0.2, 0.25) is 0 Å². The molecule has 11 heterocycles. The summed E-state index contributed by atoms with van der Waals surface area (Å²) in [5.74, 6) is -1.22. The Morgan fingerprint density at radius 3 is 2.26 bits per heavy atom. The van der Waals surface area contributed by atoms with Crippen molar-refractivity contribution >= 4 is 5.97 Å². The first-order chi connectivity index (χ1) is 26.0. The van der Waals surface area contributed by atoms with Crippen LogP contribution in [-0.2, 0) is 52.2 Å². The molecule has 0 amide bonds. The molecule has 11 fully saturated rings. The number of esters is 1. The van der Waals surface area contributed by atoms with Crippen LogP contribution in [-0.4, -0.2) is 138 Å². The Morgan fingerprint density at radius 1 is 0.667 bits per heavy atom. The summed E-state index contributed by atoms with van der Waals surface area (Å²) in [5, 5.41) is 20.7. The van der Waals surface area contributed by atoms with Crippen molar-refractivity contribution in [3.05, 3.63) is 24.3 Å². The van der Waals surface area contributed by atoms with Gasteiger partial charge in [0.2, 0.25) is 0 Å². The zero-order chi connectivity index (χ0) is 37.0. The number of ether oxygens (including phenoxy) is 10. The van der Waals surface area contributed by atoms with Gasteiger partial charge in [0.05, 0.1) is 80.2 Å². The molecule has 3 unspecified atom stereocenters. The normalized spacial score (nSPS) is 55.7. The Balaban J connectivity index is 0.938. The highest BCUT2D eigenvalue weighted by Gasteiger charge is 2.69. The molecule has 13 heteroatoms. The van der Waals surface area contributed by atoms with Crippen molar-refractivity contribution in [2.75, 3.05) is 6.61 Å². The van der Waals surface area contributed by atoms with Gasteiger partial charge in [-0.3, -0.25) is 4.79 Å². The van der Waals surface area contributed by atoms with Gasteiger partial charge in [-0.1, -0.05) is 27.0 Å². The molecule has 0 aliphatic carbocycles. The van der Waals surface area contributed by atoms with Crippen molar-refractivity contribution in [2.24, 2.45) is 11.8 Å². The Hall–Kier alpha value is -1.49. The SMILES string of the molecule is C=C1C[C@@H]2CC[C@@]34C[C@H]5OC6C(O3)[C@H]3O[C@H](CC[C@@H]3O[C@H]6C5O4)CC(=O)O[C@@H]3[C@@H](C)[C@@H]4O[C@H](CO)[C@H](O)C[C@@H]4O[C@H]3C[C@H]3O[C@@H](CC[C@@H]1O2)C[C@@H](C)C3=C. The molecule has 13 nitrogen and oxygen atoms in total. The fourth-order valence-electron chi connectivity index (χ4n) is 11.7. The van der Waals surface area contributed by atoms with E-state index in [9.17, 15) is 15.0 Å². The fourth-order valence-corrected chi connectivity index (χ4v) is 11.7. The number of rotatable bonds is 1. The van der Waals surface area contributed by atoms with Crippen LogP contribution < -0.4 is 0 Å². The van der Waals surface area contributed by atoms with E-state index >= 15 is 0 Å². The number of hydrogen-bond acceptors (Lipinski definition) is 13. The molecule has 12 bridgehead atoms. The summed E-state index contributed by atoms with van der Waals surface area (Å²) >= 11 is 0. The Morgan fingerprint density at radius 2 is 1.41 bits per heavy atom. The molecule has 11 saturated heterocycles. The summed E-state index contributed by atoms with van der Waals surface area (Å²) < 4.78 is 66.5. The van der Waals surface area contributed by atoms with Crippen LogP contribution in [0.4, 0.5) is 0 Å². The minimum Gasteiger partial charge on any atom is -0.459 e. The summed E-state index contributed by atoms with van der Waals surface area (Å²) in [6.45, 7) is 12.8. The number of fused-ring (bicyclic) bond motifs is 7. The third-order valence-corrected chi connectivity index (χ3v) is 14.6. The van der Waals surface area contributed by atoms with Crippen LogP contribution >= 0.6 is 0 Å². The molecule has 2 N–H and O–H groups in total. The molecule has 21 atom stereocenters. The molecule has 11 aliphatic rings. The van der Waals surface area contributed by atoms with Crippen LogP contribution in [0.1, 0.15) is 90.9 Å². The largest absolute Gasteiger partial charge is 0.459 e. The number of carbonyl (C=O) groups excluding carboxylic acids is 1. The van der Waals surface area contributed by atoms with Gasteiger partial charge in [0.15, 0.2) is 5.79 Å². The maximum Gasteiger partial charge on any atom is 0.308 e. The van der Waals surface area contributed by atoms with Gasteiger partial charge in [0, 0.05) is 31.6 Å². The zero-order valence-electron chi connectivity index (χ0n) is 31.5. The molecule has 11 aliphatic heterocycles. The lowest BCUT2D eigenvalue weighted by Gasteiger charge is -2.51. The van der Waals surface area contributed by atoms with E-state index in [4.69, 9.17) is 47.4 Å². The van der Waals surface area contributed by atoms with Gasteiger partial charge in [0.1, 0.15) is 42.7 Å². The molecule has 0 radical (unpaired) electrons. The second-order valence-corrected chi connectivity index (χ2v) is 18.1. The fraction of sp³-hybridized carbons (Fsp3) is 0.878. The standard InChI is InChI=1S/C41H58O13/c1-18-11-22-5-7-26-19(2)12-24(45-26)9-10-41-16-31-37(53-41)38-39(50-31)40(54-41)36-27(49-38)8-6-23(47-36)13-33(44)52-35-21(4)34-29(14-25(43)32(17-42)51-34)48-30(35)15-28(46-22)20(18)3/h18,21-32,34-40,42-43H,2-3,5-17H2,1,4H3/t18-,21+,22+,23-,24+,25-,26+,27+,28-,29+,30+,31-,32-,34+,35-,36+,37?,38+,39?,40?,41+/m1/s1. The van der Waals surface area contributed by atoms with Crippen LogP contribution in [0, 0.1) is 11.8 Å². The van der Waals surface area contributed by atoms with E-state index in [2.05, 4.69) is 20.1 Å². The predicted octanol–water partition coefficient (Wildman–Crippen LogP) is 3.20. The summed E-state index contributed by atoms with van der Waals surface area (Å²) in [7, 11) is 0. The van der Waals surface area contributed by atoms with Crippen molar-refractivity contribution < 1.29 is 62.4 Å². The molecule has 300 valence electrons. The van der Waals surface area contributed by atoms with Crippen molar-refractivity contribution in [1.82, 2.24) is 0 Å². The minimum absolute atomic E-state index is 0.000828. The van der Waals surface area contributed by atoms with Gasteiger partial charge < -0.3 is 57.6 Å². The smallest absolute Gasteiger partial charge is 0.308 e. The number of aliphatic hydroxyl groups is 2. The van der Waals surface area contributed by atoms with Crippen molar-refractivity contribution in [1.29, 1.82) is 0 Å². The molecule has 1 spiro atoms. The van der Waals surface area contributed by atoms with Crippen LogP contribution in [0.25, 0.3) is 0 Å². The van der Waals surface area contributed by atoms with E-state index in [1.165, 1.54) is 0 Å². The lowest BCUT2D eigenvalue weighted by Crippen LogP contribution is -2.62. The minimum atomic E-state index is -0.863. The Bertz CT molecular complexity index is 1470. The Kier molecular flexibility index (Phi) is 9.62. The number of aliphatic hydroxyl groups excluding tert-OH is 2. The van der Waals surface area contributed by atoms with Crippen LogP contribution in [0.3, 0.4) is 0 Å². The molecule has 0 aromatic heterocycles. The maximum atomic E-state index is 14.0. The van der Waals surface area contributed by atoms with Gasteiger partial charge in [-0.25, -0.2) is 0 Å². The van der Waals surface area contributed by atoms with E-state index in [-0.39, 0.29) is 91.9 Å². The second-order valence-electron chi connectivity index (χ2n) is 18.1. The van der Waals surface area contributed by atoms with Gasteiger partial charge in [-0.05, 0) is 62.0 Å². The van der Waals surface area contributed by atoms with E-state index < -0.39 is 54.6 Å². The van der Waals surface area contributed by atoms with Crippen LogP contribution in [0.5, 0.6) is 0 Å². The van der Waals surface area contributed by atoms with E-state index in [1.54, 1.807) is 0 Å². The first-order valence-corrected chi connectivity index (χ1v) is 20.8. The zero-order valence-corrected chi connectivity index (χ0v) is 31.5. The molecular formula is C41H58O13. The first-order valence-electron chi connectivity index (χ1n) is 20.8. The highest BCUT2D eigenvalue weighted by molar-refractivity contribution is 5.70. The Labute approximate surface area is 317 Å². The average Bonchev–Trinajstić information content (AvgIpc) is 3.73. The van der Waals surface area contributed by atoms with E-state index in [1.807, 2.05) is 6.92 Å². The van der Waals surface area contributed by atoms with Crippen LogP contribution in [0.15, 0.2) is 24.3 Å². The monoisotopic (exact) mass is 758 g/mol. The topological polar surface area (TPSA) is 150 Å². The predicted molar refractivity (Wildman–Crippen MR) is 188 cm³/mol. The third kappa shape index (κ3) is 6.36. The highest BCUT2D eigenvalue weighted by atomic mass is 16.8. The summed E-state index contributed by atoms with van der Waals surface area (Å²) in [5.41, 5.74) is 2.13. The van der Waals surface area contributed by atoms with E-state index in [0.717, 1.165) is 49.7 Å². The molecule has 0 aromatic rings. The van der Waals surface area contributed by atoms with Gasteiger partial charge in [0.25, 0.3) is 0 Å². The van der Waals surface area contributed by atoms with Gasteiger partial charge in [-0.2, -0.15) is 0 Å². The summed E-state index contributed by atoms with van der Waals surface area (Å²) in [6.07, 6.45) is 1.52. The van der Waals surface area contributed by atoms with Gasteiger partial charge in [-0.15, -0.1) is 0 Å². The van der Waals surface area contributed by atoms with Crippen molar-refractivity contribution in [3.8, 4) is 0 Å². The number of carbonyl (C=O) groups is 1. The van der Waals surface area contributed by atoms with Crippen molar-refractivity contribution in [3.63, 3.8) is 0 Å². The maximum absolute atomic E-state index is 14.0. The van der Waals surface area contributed by atoms with Crippen molar-refractivity contribution in [2.45, 2.75) is 207 Å². The number of hydrogen-bond donors (Lipinski definition) is 2. The summed E-state index contributed by atoms with van der Waals surface area (Å²) in [4.78, 5) is 14.0. The lowest BCUT2D eigenvalue weighted by atomic mass is 9.79. The van der Waals surface area contributed by atoms with Gasteiger partial charge >= 0.3 is 5.97 Å². The molecular weight excluding hydrogens is 700 g/mol. The molecule has 54 heavy (non-hydrogen) atoms. The summed E-state index contributed by atoms with van der Waals surface area (Å²) in [6, 6.07) is 0. The first kappa shape index (κ1) is 36.8. The average molecular weight is 759 g/mol. The molecule has 0 aromatic carbocycles. The quantitative estimate of drug-likeness (QED) is 0.298. The molecule has 11 rings (SSSR count).